The molecule has 0 aliphatic rings. The van der Waals surface area contributed by atoms with E-state index in [9.17, 15) is 10.2 Å². The van der Waals surface area contributed by atoms with Crippen molar-refractivity contribution in [3.63, 3.8) is 0 Å². The van der Waals surface area contributed by atoms with Crippen molar-refractivity contribution in [2.75, 3.05) is 13.2 Å². The van der Waals surface area contributed by atoms with Crippen LogP contribution in [0.3, 0.4) is 0 Å². The third-order valence-corrected chi connectivity index (χ3v) is 4.23. The van der Waals surface area contributed by atoms with E-state index < -0.39 is 5.41 Å². The first-order chi connectivity index (χ1) is 8.70. The zero-order valence-corrected chi connectivity index (χ0v) is 12.1. The fraction of sp³-hybridized carbons (Fsp3) is 0.308. The molecular formula is C13H14BrNO2S. The summed E-state index contributed by atoms with van der Waals surface area (Å²) >= 11 is 4.90. The van der Waals surface area contributed by atoms with Crippen LogP contribution in [-0.4, -0.2) is 28.4 Å². The van der Waals surface area contributed by atoms with E-state index in [1.807, 2.05) is 29.6 Å². The van der Waals surface area contributed by atoms with Gasteiger partial charge in [0.1, 0.15) is 0 Å². The van der Waals surface area contributed by atoms with Gasteiger partial charge in [0.05, 0.1) is 24.4 Å². The Balaban J connectivity index is 2.33. The molecule has 0 aliphatic carbocycles. The monoisotopic (exact) mass is 327 g/mol. The molecule has 0 saturated carbocycles. The van der Waals surface area contributed by atoms with Crippen LogP contribution in [-0.2, 0) is 11.8 Å². The molecule has 0 unspecified atom stereocenters. The molecule has 1 aromatic carbocycles. The summed E-state index contributed by atoms with van der Waals surface area (Å²) in [5.41, 5.74) is 2.90. The molecule has 0 amide bonds. The zero-order valence-electron chi connectivity index (χ0n) is 9.71. The molecule has 2 aromatic rings. The van der Waals surface area contributed by atoms with Gasteiger partial charge < -0.3 is 10.2 Å². The highest BCUT2D eigenvalue weighted by Crippen LogP contribution is 2.29. The number of hydrogen-bond donors (Lipinski definition) is 2. The van der Waals surface area contributed by atoms with E-state index in [1.165, 1.54) is 11.3 Å². The molecule has 0 radical (unpaired) electrons. The summed E-state index contributed by atoms with van der Waals surface area (Å²) in [6, 6.07) is 7.67. The van der Waals surface area contributed by atoms with E-state index in [1.54, 1.807) is 5.51 Å². The molecule has 0 spiro atoms. The molecule has 0 atom stereocenters. The topological polar surface area (TPSA) is 53.4 Å². The van der Waals surface area contributed by atoms with E-state index in [0.29, 0.717) is 6.42 Å². The van der Waals surface area contributed by atoms with Crippen molar-refractivity contribution in [3.05, 3.63) is 50.9 Å². The highest BCUT2D eigenvalue weighted by molar-refractivity contribution is 9.10. The standard InChI is InChI=1S/C13H14BrNO2S/c14-11-3-1-10(2-4-11)13(7-16,8-17)5-12-6-18-9-15-12/h1-4,6,9,16-17H,5,7-8H2. The molecule has 0 fully saturated rings. The number of thiazole rings is 1. The zero-order chi connectivity index (χ0) is 13.0. The smallest absolute Gasteiger partial charge is 0.0794 e. The number of halogens is 1. The fourth-order valence-electron chi connectivity index (χ4n) is 1.92. The van der Waals surface area contributed by atoms with Gasteiger partial charge in [-0.2, -0.15) is 0 Å². The van der Waals surface area contributed by atoms with Crippen LogP contribution in [0.25, 0.3) is 0 Å². The molecule has 0 aliphatic heterocycles. The third kappa shape index (κ3) is 2.80. The Bertz CT molecular complexity index is 480. The van der Waals surface area contributed by atoms with E-state index in [2.05, 4.69) is 20.9 Å². The minimum atomic E-state index is -0.672. The first-order valence-corrected chi connectivity index (χ1v) is 7.28. The Morgan fingerprint density at radius 1 is 1.17 bits per heavy atom. The van der Waals surface area contributed by atoms with Crippen LogP contribution in [0.2, 0.25) is 0 Å². The van der Waals surface area contributed by atoms with Crippen molar-refractivity contribution in [2.45, 2.75) is 11.8 Å². The Kier molecular flexibility index (Phi) is 4.50. The first-order valence-electron chi connectivity index (χ1n) is 5.55. The van der Waals surface area contributed by atoms with Crippen molar-refractivity contribution >= 4 is 27.3 Å². The van der Waals surface area contributed by atoms with Gasteiger partial charge in [0, 0.05) is 21.7 Å². The highest BCUT2D eigenvalue weighted by atomic mass is 79.9. The Hall–Kier alpha value is -0.750. The minimum Gasteiger partial charge on any atom is -0.395 e. The summed E-state index contributed by atoms with van der Waals surface area (Å²) in [6.07, 6.45) is 0.533. The molecular weight excluding hydrogens is 314 g/mol. The lowest BCUT2D eigenvalue weighted by Crippen LogP contribution is -2.37. The summed E-state index contributed by atoms with van der Waals surface area (Å²) in [7, 11) is 0. The lowest BCUT2D eigenvalue weighted by Gasteiger charge is -2.29. The number of rotatable bonds is 5. The Morgan fingerprint density at radius 2 is 1.83 bits per heavy atom. The number of nitrogens with zero attached hydrogens (tertiary/aromatic N) is 1. The maximum atomic E-state index is 9.70. The van der Waals surface area contributed by atoms with Crippen LogP contribution >= 0.6 is 27.3 Å². The van der Waals surface area contributed by atoms with E-state index in [0.717, 1.165) is 15.7 Å². The molecule has 0 saturated heterocycles. The summed E-state index contributed by atoms with van der Waals surface area (Å²) in [6.45, 7) is -0.217. The maximum absolute atomic E-state index is 9.70. The third-order valence-electron chi connectivity index (χ3n) is 3.06. The van der Waals surface area contributed by atoms with Gasteiger partial charge in [-0.05, 0) is 17.7 Å². The van der Waals surface area contributed by atoms with Crippen molar-refractivity contribution in [1.82, 2.24) is 4.98 Å². The van der Waals surface area contributed by atoms with E-state index in [4.69, 9.17) is 0 Å². The first kappa shape index (κ1) is 13.7. The fourth-order valence-corrected chi connectivity index (χ4v) is 2.74. The predicted molar refractivity (Wildman–Crippen MR) is 75.8 cm³/mol. The second-order valence-electron chi connectivity index (χ2n) is 4.26. The molecule has 18 heavy (non-hydrogen) atoms. The molecule has 3 nitrogen and oxygen atoms in total. The van der Waals surface area contributed by atoms with Gasteiger partial charge in [-0.1, -0.05) is 28.1 Å². The van der Waals surface area contributed by atoms with Crippen LogP contribution in [0.4, 0.5) is 0 Å². The number of aromatic nitrogens is 1. The van der Waals surface area contributed by atoms with Gasteiger partial charge in [0.25, 0.3) is 0 Å². The lowest BCUT2D eigenvalue weighted by molar-refractivity contribution is 0.115. The average Bonchev–Trinajstić information content (AvgIpc) is 2.90. The van der Waals surface area contributed by atoms with Crippen LogP contribution in [0.15, 0.2) is 39.6 Å². The predicted octanol–water partition coefficient (Wildman–Crippen LogP) is 2.37. The molecule has 1 aromatic heterocycles. The van der Waals surface area contributed by atoms with Crippen molar-refractivity contribution in [3.8, 4) is 0 Å². The van der Waals surface area contributed by atoms with Gasteiger partial charge in [0.2, 0.25) is 0 Å². The number of aliphatic hydroxyl groups excluding tert-OH is 2. The highest BCUT2D eigenvalue weighted by Gasteiger charge is 2.32. The van der Waals surface area contributed by atoms with Crippen LogP contribution in [0.5, 0.6) is 0 Å². The van der Waals surface area contributed by atoms with Crippen molar-refractivity contribution < 1.29 is 10.2 Å². The van der Waals surface area contributed by atoms with Crippen LogP contribution in [0.1, 0.15) is 11.3 Å². The molecule has 96 valence electrons. The summed E-state index contributed by atoms with van der Waals surface area (Å²) in [5.74, 6) is 0. The van der Waals surface area contributed by atoms with Gasteiger partial charge in [-0.25, -0.2) is 4.98 Å². The summed E-state index contributed by atoms with van der Waals surface area (Å²) in [5, 5.41) is 21.3. The normalized spacial score (nSPS) is 11.7. The minimum absolute atomic E-state index is 0.108. The van der Waals surface area contributed by atoms with E-state index >= 15 is 0 Å². The Morgan fingerprint density at radius 3 is 2.33 bits per heavy atom. The van der Waals surface area contributed by atoms with Crippen LogP contribution in [0, 0.1) is 0 Å². The van der Waals surface area contributed by atoms with Crippen molar-refractivity contribution in [2.24, 2.45) is 0 Å². The number of benzene rings is 1. The van der Waals surface area contributed by atoms with Gasteiger partial charge >= 0.3 is 0 Å². The molecule has 5 heteroatoms. The molecule has 1 heterocycles. The molecule has 2 rings (SSSR count). The van der Waals surface area contributed by atoms with Gasteiger partial charge in [0.15, 0.2) is 0 Å². The molecule has 2 N–H and O–H groups in total. The summed E-state index contributed by atoms with van der Waals surface area (Å²) < 4.78 is 0.977. The average molecular weight is 328 g/mol. The largest absolute Gasteiger partial charge is 0.395 e. The quantitative estimate of drug-likeness (QED) is 0.886. The maximum Gasteiger partial charge on any atom is 0.0794 e. The van der Waals surface area contributed by atoms with Crippen molar-refractivity contribution in [1.29, 1.82) is 0 Å². The van der Waals surface area contributed by atoms with E-state index in [-0.39, 0.29) is 13.2 Å². The second kappa shape index (κ2) is 5.93. The summed E-state index contributed by atoms with van der Waals surface area (Å²) in [4.78, 5) is 4.23. The number of hydrogen-bond acceptors (Lipinski definition) is 4. The number of aliphatic hydroxyl groups is 2. The lowest BCUT2D eigenvalue weighted by atomic mass is 9.78. The second-order valence-corrected chi connectivity index (χ2v) is 5.89. The molecule has 0 bridgehead atoms. The van der Waals surface area contributed by atoms with Gasteiger partial charge in [-0.3, -0.25) is 0 Å². The Labute approximate surface area is 118 Å². The van der Waals surface area contributed by atoms with Gasteiger partial charge in [-0.15, -0.1) is 11.3 Å². The van der Waals surface area contributed by atoms with Crippen LogP contribution < -0.4 is 0 Å². The SMILES string of the molecule is OCC(CO)(Cc1cscn1)c1ccc(Br)cc1.